The largest absolute Gasteiger partial charge is 0.389 e. The van der Waals surface area contributed by atoms with Gasteiger partial charge in [0.25, 0.3) is 0 Å². The molecule has 0 radical (unpaired) electrons. The highest BCUT2D eigenvalue weighted by molar-refractivity contribution is 5.22. The highest BCUT2D eigenvalue weighted by atomic mass is 16.5. The number of ether oxygens (including phenoxy) is 1. The Morgan fingerprint density at radius 1 is 1.22 bits per heavy atom. The maximum absolute atomic E-state index is 10.2. The summed E-state index contributed by atoms with van der Waals surface area (Å²) in [4.78, 5) is 0. The van der Waals surface area contributed by atoms with Gasteiger partial charge in [-0.05, 0) is 24.0 Å². The van der Waals surface area contributed by atoms with Gasteiger partial charge >= 0.3 is 0 Å². The monoisotopic (exact) mass is 251 g/mol. The topological polar surface area (TPSA) is 41.5 Å². The van der Waals surface area contributed by atoms with Crippen molar-refractivity contribution in [3.63, 3.8) is 0 Å². The van der Waals surface area contributed by atoms with Crippen molar-refractivity contribution in [2.75, 3.05) is 13.7 Å². The zero-order valence-corrected chi connectivity index (χ0v) is 11.7. The molecule has 0 aliphatic heterocycles. The molecule has 2 N–H and O–H groups in total. The van der Waals surface area contributed by atoms with Gasteiger partial charge < -0.3 is 15.2 Å². The standard InChI is InChI=1S/C15H25NO2/c1-4-15(17,5-2)12-16-10-13-7-6-8-14(9-13)11-18-3/h6-9,16-17H,4-5,10-12H2,1-3H3. The summed E-state index contributed by atoms with van der Waals surface area (Å²) in [6.45, 7) is 6.09. The van der Waals surface area contributed by atoms with Crippen molar-refractivity contribution in [1.29, 1.82) is 0 Å². The Morgan fingerprint density at radius 2 is 1.89 bits per heavy atom. The molecule has 0 saturated heterocycles. The molecule has 0 aliphatic carbocycles. The van der Waals surface area contributed by atoms with Crippen LogP contribution in [0, 0.1) is 0 Å². The van der Waals surface area contributed by atoms with Gasteiger partial charge in [0, 0.05) is 20.2 Å². The normalized spacial score (nSPS) is 11.8. The Hall–Kier alpha value is -0.900. The molecule has 1 rings (SSSR count). The van der Waals surface area contributed by atoms with E-state index in [1.807, 2.05) is 19.9 Å². The van der Waals surface area contributed by atoms with Gasteiger partial charge in [-0.15, -0.1) is 0 Å². The lowest BCUT2D eigenvalue weighted by atomic mass is 9.97. The Labute approximate surface area is 110 Å². The summed E-state index contributed by atoms with van der Waals surface area (Å²) < 4.78 is 5.12. The van der Waals surface area contributed by atoms with E-state index in [4.69, 9.17) is 4.74 Å². The number of methoxy groups -OCH3 is 1. The van der Waals surface area contributed by atoms with E-state index in [9.17, 15) is 5.11 Å². The molecule has 0 amide bonds. The average Bonchev–Trinajstić information content (AvgIpc) is 2.39. The molecule has 0 aliphatic rings. The Kier molecular flexibility index (Phi) is 6.33. The predicted octanol–water partition coefficient (Wildman–Crippen LogP) is 2.47. The number of benzene rings is 1. The van der Waals surface area contributed by atoms with Crippen LogP contribution in [0.25, 0.3) is 0 Å². The van der Waals surface area contributed by atoms with Crippen LogP contribution in [0.3, 0.4) is 0 Å². The van der Waals surface area contributed by atoms with E-state index in [1.165, 1.54) is 11.1 Å². The molecule has 1 aromatic carbocycles. The minimum absolute atomic E-state index is 0.579. The lowest BCUT2D eigenvalue weighted by Gasteiger charge is -2.25. The molecule has 1 aromatic rings. The summed E-state index contributed by atoms with van der Waals surface area (Å²) in [6, 6.07) is 8.31. The maximum atomic E-state index is 10.2. The molecule has 3 nitrogen and oxygen atoms in total. The summed E-state index contributed by atoms with van der Waals surface area (Å²) in [7, 11) is 1.70. The fraction of sp³-hybridized carbons (Fsp3) is 0.600. The van der Waals surface area contributed by atoms with Gasteiger partial charge in [0.1, 0.15) is 0 Å². The first-order valence-electron chi connectivity index (χ1n) is 6.63. The van der Waals surface area contributed by atoms with E-state index in [0.717, 1.165) is 19.4 Å². The number of hydrogen-bond acceptors (Lipinski definition) is 3. The van der Waals surface area contributed by atoms with Gasteiger partial charge in [-0.25, -0.2) is 0 Å². The van der Waals surface area contributed by atoms with E-state index in [-0.39, 0.29) is 0 Å². The predicted molar refractivity (Wildman–Crippen MR) is 74.4 cm³/mol. The molecule has 3 heteroatoms. The number of nitrogens with one attached hydrogen (secondary N) is 1. The summed E-state index contributed by atoms with van der Waals surface area (Å²) in [6.07, 6.45) is 1.56. The molecule has 0 heterocycles. The van der Waals surface area contributed by atoms with Gasteiger partial charge in [0.15, 0.2) is 0 Å². The average molecular weight is 251 g/mol. The van der Waals surface area contributed by atoms with Crippen LogP contribution in [-0.4, -0.2) is 24.4 Å². The van der Waals surface area contributed by atoms with Crippen LogP contribution < -0.4 is 5.32 Å². The molecule has 0 atom stereocenters. The third-order valence-electron chi connectivity index (χ3n) is 3.40. The molecule has 0 unspecified atom stereocenters. The molecule has 0 fully saturated rings. The summed E-state index contributed by atoms with van der Waals surface area (Å²) >= 11 is 0. The van der Waals surface area contributed by atoms with Crippen molar-refractivity contribution in [1.82, 2.24) is 5.32 Å². The minimum Gasteiger partial charge on any atom is -0.389 e. The second-order valence-electron chi connectivity index (χ2n) is 4.79. The van der Waals surface area contributed by atoms with Crippen LogP contribution in [0.2, 0.25) is 0 Å². The summed E-state index contributed by atoms with van der Waals surface area (Å²) in [5, 5.41) is 13.5. The van der Waals surface area contributed by atoms with Crippen LogP contribution >= 0.6 is 0 Å². The van der Waals surface area contributed by atoms with Crippen molar-refractivity contribution in [2.45, 2.75) is 45.4 Å². The van der Waals surface area contributed by atoms with Crippen LogP contribution in [0.5, 0.6) is 0 Å². The SMILES string of the molecule is CCC(O)(CC)CNCc1cccc(COC)c1. The minimum atomic E-state index is -0.579. The molecular formula is C15H25NO2. The van der Waals surface area contributed by atoms with Gasteiger partial charge in [0.2, 0.25) is 0 Å². The van der Waals surface area contributed by atoms with Crippen molar-refractivity contribution in [3.8, 4) is 0 Å². The van der Waals surface area contributed by atoms with E-state index < -0.39 is 5.60 Å². The van der Waals surface area contributed by atoms with E-state index in [1.54, 1.807) is 7.11 Å². The second-order valence-corrected chi connectivity index (χ2v) is 4.79. The van der Waals surface area contributed by atoms with Gasteiger partial charge in [-0.3, -0.25) is 0 Å². The van der Waals surface area contributed by atoms with E-state index in [0.29, 0.717) is 13.2 Å². The van der Waals surface area contributed by atoms with Gasteiger partial charge in [0.05, 0.1) is 12.2 Å². The molecule has 0 bridgehead atoms. The molecule has 102 valence electrons. The van der Waals surface area contributed by atoms with Crippen LogP contribution in [-0.2, 0) is 17.9 Å². The highest BCUT2D eigenvalue weighted by Crippen LogP contribution is 2.13. The number of hydrogen-bond donors (Lipinski definition) is 2. The van der Waals surface area contributed by atoms with E-state index >= 15 is 0 Å². The third-order valence-corrected chi connectivity index (χ3v) is 3.40. The zero-order chi connectivity index (χ0) is 13.4. The smallest absolute Gasteiger partial charge is 0.0766 e. The van der Waals surface area contributed by atoms with E-state index in [2.05, 4.69) is 23.5 Å². The Morgan fingerprint density at radius 3 is 2.50 bits per heavy atom. The Balaban J connectivity index is 2.46. The molecule has 18 heavy (non-hydrogen) atoms. The van der Waals surface area contributed by atoms with Crippen LogP contribution in [0.15, 0.2) is 24.3 Å². The zero-order valence-electron chi connectivity index (χ0n) is 11.7. The second kappa shape index (κ2) is 7.52. The number of aliphatic hydroxyl groups is 1. The molecule has 0 spiro atoms. The van der Waals surface area contributed by atoms with Crippen LogP contribution in [0.1, 0.15) is 37.8 Å². The van der Waals surface area contributed by atoms with Crippen molar-refractivity contribution >= 4 is 0 Å². The van der Waals surface area contributed by atoms with Crippen molar-refractivity contribution in [3.05, 3.63) is 35.4 Å². The lowest BCUT2D eigenvalue weighted by Crippen LogP contribution is -2.39. The fourth-order valence-corrected chi connectivity index (χ4v) is 1.94. The molecule has 0 aromatic heterocycles. The fourth-order valence-electron chi connectivity index (χ4n) is 1.94. The Bertz CT molecular complexity index is 348. The summed E-state index contributed by atoms with van der Waals surface area (Å²) in [5.41, 5.74) is 1.82. The van der Waals surface area contributed by atoms with Gasteiger partial charge in [-0.1, -0.05) is 38.1 Å². The highest BCUT2D eigenvalue weighted by Gasteiger charge is 2.20. The first-order valence-corrected chi connectivity index (χ1v) is 6.63. The van der Waals surface area contributed by atoms with Crippen LogP contribution in [0.4, 0.5) is 0 Å². The molecule has 0 saturated carbocycles. The molecular weight excluding hydrogens is 226 g/mol. The van der Waals surface area contributed by atoms with Crippen molar-refractivity contribution in [2.24, 2.45) is 0 Å². The first kappa shape index (κ1) is 15.2. The third kappa shape index (κ3) is 4.77. The first-order chi connectivity index (χ1) is 8.63. The number of rotatable bonds is 8. The van der Waals surface area contributed by atoms with Gasteiger partial charge in [-0.2, -0.15) is 0 Å². The summed E-state index contributed by atoms with van der Waals surface area (Å²) in [5.74, 6) is 0. The van der Waals surface area contributed by atoms with Crippen molar-refractivity contribution < 1.29 is 9.84 Å². The quantitative estimate of drug-likeness (QED) is 0.746. The maximum Gasteiger partial charge on any atom is 0.0766 e. The lowest BCUT2D eigenvalue weighted by molar-refractivity contribution is 0.0323.